The molecule has 100 valence electrons. The normalized spacial score (nSPS) is 21.9. The fourth-order valence-electron chi connectivity index (χ4n) is 1.86. The number of nitrogens with two attached hydrogens (primary N) is 1. The second-order valence-electron chi connectivity index (χ2n) is 4.14. The monoisotopic (exact) mass is 306 g/mol. The van der Waals surface area contributed by atoms with Gasteiger partial charge in [-0.05, 0) is 25.0 Å². The molecule has 8 heteroatoms. The van der Waals surface area contributed by atoms with Crippen molar-refractivity contribution in [1.82, 2.24) is 4.31 Å². The van der Waals surface area contributed by atoms with Crippen molar-refractivity contribution in [3.63, 3.8) is 0 Å². The zero-order chi connectivity index (χ0) is 13.3. The van der Waals surface area contributed by atoms with E-state index in [0.717, 1.165) is 11.3 Å². The zero-order valence-electron chi connectivity index (χ0n) is 9.57. The molecule has 0 amide bonds. The zero-order valence-corrected chi connectivity index (χ0v) is 12.0. The summed E-state index contributed by atoms with van der Waals surface area (Å²) in [7, 11) is -3.53. The molecule has 2 heterocycles. The first-order valence-corrected chi connectivity index (χ1v) is 8.15. The van der Waals surface area contributed by atoms with Crippen LogP contribution < -0.4 is 5.73 Å². The molecule has 0 saturated carbocycles. The molecule has 0 aliphatic carbocycles. The molecule has 0 spiro atoms. The first-order chi connectivity index (χ1) is 8.41. The van der Waals surface area contributed by atoms with Crippen LogP contribution in [-0.2, 0) is 10.0 Å². The van der Waals surface area contributed by atoms with Gasteiger partial charge in [0, 0.05) is 13.1 Å². The lowest BCUT2D eigenvalue weighted by atomic mass is 10.1. The first-order valence-electron chi connectivity index (χ1n) is 5.49. The largest absolute Gasteiger partial charge is 0.392 e. The van der Waals surface area contributed by atoms with Crippen molar-refractivity contribution in [3.05, 3.63) is 17.0 Å². The Morgan fingerprint density at radius 2 is 2.28 bits per heavy atom. The number of piperidine rings is 1. The maximum atomic E-state index is 12.3. The topological polar surface area (TPSA) is 83.6 Å². The molecule has 2 rings (SSSR count). The summed E-state index contributed by atoms with van der Waals surface area (Å²) in [5.41, 5.74) is 5.46. The van der Waals surface area contributed by atoms with E-state index >= 15 is 0 Å². The number of rotatable bonds is 3. The van der Waals surface area contributed by atoms with Crippen molar-refractivity contribution in [1.29, 1.82) is 0 Å². The van der Waals surface area contributed by atoms with Gasteiger partial charge in [0.05, 0.1) is 11.0 Å². The molecular formula is C10H14N2O3S3. The first kappa shape index (κ1) is 13.9. The highest BCUT2D eigenvalue weighted by atomic mass is 32.2. The number of hydrogen-bond acceptors (Lipinski definition) is 5. The molecule has 0 aromatic carbocycles. The summed E-state index contributed by atoms with van der Waals surface area (Å²) in [6.45, 7) is 0.600. The van der Waals surface area contributed by atoms with Crippen molar-refractivity contribution < 1.29 is 13.5 Å². The van der Waals surface area contributed by atoms with Crippen LogP contribution in [0.1, 0.15) is 17.7 Å². The van der Waals surface area contributed by atoms with Gasteiger partial charge in [0.25, 0.3) is 10.0 Å². The number of aliphatic hydroxyl groups excluding tert-OH is 1. The van der Waals surface area contributed by atoms with E-state index in [9.17, 15) is 13.5 Å². The molecule has 1 aromatic heterocycles. The van der Waals surface area contributed by atoms with Gasteiger partial charge in [-0.2, -0.15) is 4.31 Å². The van der Waals surface area contributed by atoms with E-state index in [0.29, 0.717) is 24.3 Å². The molecule has 1 atom stereocenters. The third kappa shape index (κ3) is 2.72. The molecule has 1 aliphatic heterocycles. The smallest absolute Gasteiger partial charge is 0.252 e. The summed E-state index contributed by atoms with van der Waals surface area (Å²) >= 11 is 5.88. The van der Waals surface area contributed by atoms with Crippen LogP contribution in [0.3, 0.4) is 0 Å². The minimum Gasteiger partial charge on any atom is -0.392 e. The van der Waals surface area contributed by atoms with Gasteiger partial charge in [-0.25, -0.2) is 8.42 Å². The Morgan fingerprint density at radius 1 is 1.56 bits per heavy atom. The van der Waals surface area contributed by atoms with E-state index in [1.54, 1.807) is 6.07 Å². The van der Waals surface area contributed by atoms with Crippen LogP contribution in [0.5, 0.6) is 0 Å². The van der Waals surface area contributed by atoms with Crippen LogP contribution in [0.4, 0.5) is 0 Å². The molecule has 1 aliphatic rings. The Hall–Kier alpha value is -0.540. The quantitative estimate of drug-likeness (QED) is 0.796. The minimum atomic E-state index is -3.53. The second-order valence-corrected chi connectivity index (χ2v) is 7.83. The van der Waals surface area contributed by atoms with Crippen molar-refractivity contribution in [2.45, 2.75) is 23.2 Å². The van der Waals surface area contributed by atoms with Gasteiger partial charge >= 0.3 is 0 Å². The number of aliphatic hydroxyl groups is 1. The predicted molar refractivity (Wildman–Crippen MR) is 74.2 cm³/mol. The molecule has 1 unspecified atom stereocenters. The van der Waals surface area contributed by atoms with Crippen LogP contribution >= 0.6 is 23.6 Å². The fourth-order valence-corrected chi connectivity index (χ4v) is 4.88. The highest BCUT2D eigenvalue weighted by Gasteiger charge is 2.30. The summed E-state index contributed by atoms with van der Waals surface area (Å²) in [5, 5.41) is 9.54. The fraction of sp³-hybridized carbons (Fsp3) is 0.500. The number of nitrogens with zero attached hydrogens (tertiary/aromatic N) is 1. The number of sulfonamides is 1. The van der Waals surface area contributed by atoms with Gasteiger partial charge in [-0.15, -0.1) is 11.3 Å². The van der Waals surface area contributed by atoms with E-state index in [4.69, 9.17) is 18.0 Å². The van der Waals surface area contributed by atoms with Crippen LogP contribution in [0.15, 0.2) is 16.3 Å². The van der Waals surface area contributed by atoms with E-state index < -0.39 is 16.1 Å². The van der Waals surface area contributed by atoms with Gasteiger partial charge in [0.1, 0.15) is 9.20 Å². The Balaban J connectivity index is 2.26. The maximum Gasteiger partial charge on any atom is 0.252 e. The molecule has 3 N–H and O–H groups in total. The van der Waals surface area contributed by atoms with Crippen LogP contribution in [0.2, 0.25) is 0 Å². The summed E-state index contributed by atoms with van der Waals surface area (Å²) in [4.78, 5) is 0.779. The third-order valence-electron chi connectivity index (χ3n) is 2.78. The predicted octanol–water partition coefficient (Wildman–Crippen LogP) is 0.528. The Morgan fingerprint density at radius 3 is 2.83 bits per heavy atom. The van der Waals surface area contributed by atoms with Crippen molar-refractivity contribution in [3.8, 4) is 0 Å². The average molecular weight is 306 g/mol. The van der Waals surface area contributed by atoms with E-state index in [-0.39, 0.29) is 15.7 Å². The number of thiocarbonyl (C=S) groups is 1. The van der Waals surface area contributed by atoms with Crippen LogP contribution in [0, 0.1) is 0 Å². The van der Waals surface area contributed by atoms with Crippen LogP contribution in [-0.4, -0.2) is 42.0 Å². The summed E-state index contributed by atoms with van der Waals surface area (Å²) in [6, 6.07) is 3.12. The van der Waals surface area contributed by atoms with Gasteiger partial charge in [0.15, 0.2) is 0 Å². The number of thiophene rings is 1. The van der Waals surface area contributed by atoms with Gasteiger partial charge in [-0.3, -0.25) is 0 Å². The van der Waals surface area contributed by atoms with Crippen molar-refractivity contribution >= 4 is 38.6 Å². The minimum absolute atomic E-state index is 0.155. The summed E-state index contributed by atoms with van der Waals surface area (Å²) in [6.07, 6.45) is 0.742. The van der Waals surface area contributed by atoms with E-state index in [1.165, 1.54) is 10.4 Å². The third-order valence-corrected chi connectivity index (χ3v) is 6.58. The van der Waals surface area contributed by atoms with Crippen molar-refractivity contribution in [2.75, 3.05) is 13.1 Å². The Kier molecular flexibility index (Phi) is 4.02. The molecule has 1 aromatic rings. The standard InChI is InChI=1S/C10H14N2O3S3/c11-10(16)8-3-4-9(17-8)18(14,15)12-5-1-2-7(13)6-12/h3-4,7,13H,1-2,5-6H2,(H2,11,16). The lowest BCUT2D eigenvalue weighted by Gasteiger charge is -2.28. The number of hydrogen-bond donors (Lipinski definition) is 2. The summed E-state index contributed by atoms with van der Waals surface area (Å²) < 4.78 is 26.2. The molecule has 1 saturated heterocycles. The second kappa shape index (κ2) is 5.22. The molecule has 5 nitrogen and oxygen atoms in total. The Labute approximate surface area is 115 Å². The van der Waals surface area contributed by atoms with Crippen LogP contribution in [0.25, 0.3) is 0 Å². The SMILES string of the molecule is NC(=S)c1ccc(S(=O)(=O)N2CCCC(O)C2)s1. The molecule has 0 radical (unpaired) electrons. The summed E-state index contributed by atoms with van der Waals surface area (Å²) in [5.74, 6) is 0. The van der Waals surface area contributed by atoms with E-state index in [1.807, 2.05) is 0 Å². The Bertz CT molecular complexity index is 552. The average Bonchev–Trinajstić information content (AvgIpc) is 2.79. The molecule has 1 fully saturated rings. The maximum absolute atomic E-state index is 12.3. The lowest BCUT2D eigenvalue weighted by molar-refractivity contribution is 0.108. The highest BCUT2D eigenvalue weighted by molar-refractivity contribution is 7.91. The van der Waals surface area contributed by atoms with E-state index in [2.05, 4.69) is 0 Å². The molecule has 0 bridgehead atoms. The number of β-amino-alcohol motifs (C(OH)–C–C–N with tert-alkyl or cyclic N) is 1. The van der Waals surface area contributed by atoms with Crippen molar-refractivity contribution in [2.24, 2.45) is 5.73 Å². The highest BCUT2D eigenvalue weighted by Crippen LogP contribution is 2.27. The molecule has 18 heavy (non-hydrogen) atoms. The molecular weight excluding hydrogens is 292 g/mol. The van der Waals surface area contributed by atoms with Gasteiger partial charge < -0.3 is 10.8 Å². The lowest BCUT2D eigenvalue weighted by Crippen LogP contribution is -2.41. The van der Waals surface area contributed by atoms with Gasteiger partial charge in [0.2, 0.25) is 0 Å². The van der Waals surface area contributed by atoms with Gasteiger partial charge in [-0.1, -0.05) is 12.2 Å².